The molecule has 0 saturated heterocycles. The molecule has 1 amide bonds. The van der Waals surface area contributed by atoms with E-state index in [9.17, 15) is 9.90 Å². The smallest absolute Gasteiger partial charge is 0.224 e. The Kier molecular flexibility index (Phi) is 6.64. The fourth-order valence-corrected chi connectivity index (χ4v) is 2.37. The van der Waals surface area contributed by atoms with E-state index in [0.717, 1.165) is 5.56 Å². The summed E-state index contributed by atoms with van der Waals surface area (Å²) in [6.07, 6.45) is -0.466. The standard InChI is InChI=1S/C19H22ClNO3/c1-13(2)24-17-5-3-4-15(11-17)18(22)12-21-19(23)10-14-6-8-16(20)9-7-14/h3-9,11,13,18,22H,10,12H2,1-2H3,(H,21,23). The topological polar surface area (TPSA) is 58.6 Å². The van der Waals surface area contributed by atoms with Crippen LogP contribution in [0.3, 0.4) is 0 Å². The van der Waals surface area contributed by atoms with E-state index in [1.165, 1.54) is 0 Å². The van der Waals surface area contributed by atoms with Crippen LogP contribution in [0.4, 0.5) is 0 Å². The average Bonchev–Trinajstić information content (AvgIpc) is 2.54. The Morgan fingerprint density at radius 2 is 1.92 bits per heavy atom. The Hall–Kier alpha value is -2.04. The number of halogens is 1. The molecule has 2 rings (SSSR count). The number of benzene rings is 2. The summed E-state index contributed by atoms with van der Waals surface area (Å²) in [6.45, 7) is 4.04. The van der Waals surface area contributed by atoms with E-state index < -0.39 is 6.10 Å². The van der Waals surface area contributed by atoms with Gasteiger partial charge in [-0.15, -0.1) is 0 Å². The second-order valence-electron chi connectivity index (χ2n) is 5.86. The quantitative estimate of drug-likeness (QED) is 0.805. The van der Waals surface area contributed by atoms with Gasteiger partial charge < -0.3 is 15.2 Å². The molecule has 2 N–H and O–H groups in total. The molecule has 4 nitrogen and oxygen atoms in total. The average molecular weight is 348 g/mol. The lowest BCUT2D eigenvalue weighted by molar-refractivity contribution is -0.120. The van der Waals surface area contributed by atoms with Crippen LogP contribution in [0.2, 0.25) is 5.02 Å². The molecule has 1 unspecified atom stereocenters. The molecule has 0 saturated carbocycles. The van der Waals surface area contributed by atoms with Gasteiger partial charge in [-0.1, -0.05) is 35.9 Å². The third kappa shape index (κ3) is 5.87. The van der Waals surface area contributed by atoms with E-state index >= 15 is 0 Å². The molecule has 1 atom stereocenters. The predicted octanol–water partition coefficient (Wildman–Crippen LogP) is 3.52. The number of carbonyl (C=O) groups excluding carboxylic acids is 1. The summed E-state index contributed by atoms with van der Waals surface area (Å²) in [7, 11) is 0. The van der Waals surface area contributed by atoms with Crippen LogP contribution in [0.15, 0.2) is 48.5 Å². The van der Waals surface area contributed by atoms with Crippen LogP contribution in [-0.4, -0.2) is 23.7 Å². The number of rotatable bonds is 7. The summed E-state index contributed by atoms with van der Waals surface area (Å²) in [4.78, 5) is 12.0. The number of amides is 1. The first-order valence-electron chi connectivity index (χ1n) is 7.90. The maximum absolute atomic E-state index is 12.0. The zero-order valence-corrected chi connectivity index (χ0v) is 14.6. The molecule has 0 aliphatic heterocycles. The van der Waals surface area contributed by atoms with Gasteiger partial charge in [0.1, 0.15) is 5.75 Å². The van der Waals surface area contributed by atoms with Crippen molar-refractivity contribution in [3.8, 4) is 5.75 Å². The predicted molar refractivity (Wildman–Crippen MR) is 95.3 cm³/mol. The maximum atomic E-state index is 12.0. The fraction of sp³-hybridized carbons (Fsp3) is 0.316. The lowest BCUT2D eigenvalue weighted by Gasteiger charge is -2.15. The number of carbonyl (C=O) groups is 1. The molecule has 0 aromatic heterocycles. The van der Waals surface area contributed by atoms with Gasteiger partial charge in [0.25, 0.3) is 0 Å². The Balaban J connectivity index is 1.86. The van der Waals surface area contributed by atoms with Gasteiger partial charge in [0.05, 0.1) is 18.6 Å². The van der Waals surface area contributed by atoms with Crippen LogP contribution < -0.4 is 10.1 Å². The van der Waals surface area contributed by atoms with Crippen molar-refractivity contribution in [1.29, 1.82) is 0 Å². The number of hydrogen-bond donors (Lipinski definition) is 2. The third-order valence-corrected chi connectivity index (χ3v) is 3.64. The van der Waals surface area contributed by atoms with Crippen LogP contribution in [0.5, 0.6) is 5.75 Å². The minimum Gasteiger partial charge on any atom is -0.491 e. The third-order valence-electron chi connectivity index (χ3n) is 3.39. The molecule has 0 aliphatic carbocycles. The van der Waals surface area contributed by atoms with Crippen molar-refractivity contribution in [3.63, 3.8) is 0 Å². The highest BCUT2D eigenvalue weighted by molar-refractivity contribution is 6.30. The van der Waals surface area contributed by atoms with Crippen molar-refractivity contribution >= 4 is 17.5 Å². The molecule has 0 radical (unpaired) electrons. The molecule has 2 aromatic rings. The molecule has 2 aromatic carbocycles. The summed E-state index contributed by atoms with van der Waals surface area (Å²) in [5, 5.41) is 13.6. The SMILES string of the molecule is CC(C)Oc1cccc(C(O)CNC(=O)Cc2ccc(Cl)cc2)c1. The minimum absolute atomic E-state index is 0.0662. The lowest BCUT2D eigenvalue weighted by atomic mass is 10.1. The van der Waals surface area contributed by atoms with Crippen molar-refractivity contribution in [3.05, 3.63) is 64.7 Å². The van der Waals surface area contributed by atoms with Gasteiger partial charge in [-0.05, 0) is 49.2 Å². The van der Waals surface area contributed by atoms with Gasteiger partial charge in [0, 0.05) is 11.6 Å². The number of hydrogen-bond acceptors (Lipinski definition) is 3. The van der Waals surface area contributed by atoms with E-state index in [1.54, 1.807) is 18.2 Å². The Morgan fingerprint density at radius 1 is 1.21 bits per heavy atom. The fourth-order valence-electron chi connectivity index (χ4n) is 2.25. The first-order valence-corrected chi connectivity index (χ1v) is 8.27. The Labute approximate surface area is 147 Å². The number of nitrogens with one attached hydrogen (secondary N) is 1. The van der Waals surface area contributed by atoms with E-state index in [2.05, 4.69) is 5.32 Å². The summed E-state index contributed by atoms with van der Waals surface area (Å²) in [5.41, 5.74) is 1.58. The van der Waals surface area contributed by atoms with Gasteiger partial charge >= 0.3 is 0 Å². The molecular formula is C19H22ClNO3. The van der Waals surface area contributed by atoms with E-state index in [4.69, 9.17) is 16.3 Å². The van der Waals surface area contributed by atoms with Crippen LogP contribution >= 0.6 is 11.6 Å². The molecule has 24 heavy (non-hydrogen) atoms. The lowest BCUT2D eigenvalue weighted by Crippen LogP contribution is -2.29. The number of aliphatic hydroxyl groups is 1. The Morgan fingerprint density at radius 3 is 2.58 bits per heavy atom. The number of ether oxygens (including phenoxy) is 1. The minimum atomic E-state index is -0.783. The van der Waals surface area contributed by atoms with Crippen LogP contribution in [0, 0.1) is 0 Å². The normalized spacial score (nSPS) is 12.0. The maximum Gasteiger partial charge on any atom is 0.224 e. The molecule has 0 heterocycles. The van der Waals surface area contributed by atoms with E-state index in [0.29, 0.717) is 16.3 Å². The van der Waals surface area contributed by atoms with E-state index in [1.807, 2.05) is 44.2 Å². The van der Waals surface area contributed by atoms with Crippen LogP contribution in [-0.2, 0) is 11.2 Å². The number of aliphatic hydroxyl groups excluding tert-OH is 1. The summed E-state index contributed by atoms with van der Waals surface area (Å²) >= 11 is 5.82. The molecule has 0 aliphatic rings. The van der Waals surface area contributed by atoms with Gasteiger partial charge in [0.2, 0.25) is 5.91 Å². The van der Waals surface area contributed by atoms with Crippen molar-refractivity contribution in [1.82, 2.24) is 5.32 Å². The molecular weight excluding hydrogens is 326 g/mol. The van der Waals surface area contributed by atoms with E-state index in [-0.39, 0.29) is 25.0 Å². The Bertz CT molecular complexity index is 671. The van der Waals surface area contributed by atoms with Crippen molar-refractivity contribution < 1.29 is 14.6 Å². The molecule has 128 valence electrons. The van der Waals surface area contributed by atoms with Crippen molar-refractivity contribution in [2.75, 3.05) is 6.54 Å². The largest absolute Gasteiger partial charge is 0.491 e. The highest BCUT2D eigenvalue weighted by Crippen LogP contribution is 2.20. The summed E-state index contributed by atoms with van der Waals surface area (Å²) in [5.74, 6) is 0.556. The van der Waals surface area contributed by atoms with Crippen molar-refractivity contribution in [2.45, 2.75) is 32.5 Å². The molecule has 0 bridgehead atoms. The molecule has 0 fully saturated rings. The van der Waals surface area contributed by atoms with Crippen LogP contribution in [0.25, 0.3) is 0 Å². The van der Waals surface area contributed by atoms with Gasteiger partial charge in [-0.3, -0.25) is 4.79 Å². The zero-order valence-electron chi connectivity index (χ0n) is 13.8. The first-order chi connectivity index (χ1) is 11.4. The van der Waals surface area contributed by atoms with Crippen molar-refractivity contribution in [2.24, 2.45) is 0 Å². The highest BCUT2D eigenvalue weighted by Gasteiger charge is 2.11. The van der Waals surface area contributed by atoms with Gasteiger partial charge in [-0.2, -0.15) is 0 Å². The molecule has 0 spiro atoms. The second kappa shape index (κ2) is 8.71. The second-order valence-corrected chi connectivity index (χ2v) is 6.30. The highest BCUT2D eigenvalue weighted by atomic mass is 35.5. The van der Waals surface area contributed by atoms with Crippen LogP contribution in [0.1, 0.15) is 31.1 Å². The van der Waals surface area contributed by atoms with Gasteiger partial charge in [0.15, 0.2) is 0 Å². The monoisotopic (exact) mass is 347 g/mol. The summed E-state index contributed by atoms with van der Waals surface area (Å²) in [6, 6.07) is 14.4. The first kappa shape index (κ1) is 18.3. The zero-order chi connectivity index (χ0) is 17.5. The summed E-state index contributed by atoms with van der Waals surface area (Å²) < 4.78 is 5.61. The van der Waals surface area contributed by atoms with Gasteiger partial charge in [-0.25, -0.2) is 0 Å². The molecule has 5 heteroatoms.